The van der Waals surface area contributed by atoms with E-state index in [1.165, 1.54) is 32.1 Å². The molecule has 1 heteroatoms. The van der Waals surface area contributed by atoms with Gasteiger partial charge in [0.15, 0.2) is 0 Å². The minimum Gasteiger partial charge on any atom is -0.393 e. The number of rotatable bonds is 5. The van der Waals surface area contributed by atoms with Crippen molar-refractivity contribution in [2.45, 2.75) is 78.7 Å². The van der Waals surface area contributed by atoms with Crippen LogP contribution in [0.5, 0.6) is 0 Å². The summed E-state index contributed by atoms with van der Waals surface area (Å²) in [6.07, 6.45) is 8.60. The molecule has 1 aliphatic carbocycles. The zero-order valence-corrected chi connectivity index (χ0v) is 11.0. The van der Waals surface area contributed by atoms with Crippen LogP contribution in [0.1, 0.15) is 72.6 Å². The van der Waals surface area contributed by atoms with Crippen molar-refractivity contribution in [1.82, 2.24) is 0 Å². The summed E-state index contributed by atoms with van der Waals surface area (Å²) in [6, 6.07) is 0. The normalized spacial score (nSPS) is 23.0. The Morgan fingerprint density at radius 3 is 2.13 bits per heavy atom. The van der Waals surface area contributed by atoms with E-state index in [0.717, 1.165) is 12.8 Å². The number of aliphatic hydroxyl groups excluding tert-OH is 1. The SMILES string of the molecule is CCC1(CC(O)C(C)(C)CC)CCCC1. The predicted molar refractivity (Wildman–Crippen MR) is 65.9 cm³/mol. The second-order valence-electron chi connectivity index (χ2n) is 6.12. The molecule has 0 spiro atoms. The first-order valence-electron chi connectivity index (χ1n) is 6.64. The minimum absolute atomic E-state index is 0.0881. The van der Waals surface area contributed by atoms with Gasteiger partial charge in [0.05, 0.1) is 6.10 Å². The fourth-order valence-electron chi connectivity index (χ4n) is 2.75. The largest absolute Gasteiger partial charge is 0.393 e. The lowest BCUT2D eigenvalue weighted by Gasteiger charge is -2.37. The molecule has 1 atom stereocenters. The van der Waals surface area contributed by atoms with Crippen molar-refractivity contribution in [2.24, 2.45) is 10.8 Å². The summed E-state index contributed by atoms with van der Waals surface area (Å²) >= 11 is 0. The van der Waals surface area contributed by atoms with Crippen LogP contribution in [-0.2, 0) is 0 Å². The first kappa shape index (κ1) is 13.0. The van der Waals surface area contributed by atoms with Crippen molar-refractivity contribution in [1.29, 1.82) is 0 Å². The minimum atomic E-state index is -0.124. The van der Waals surface area contributed by atoms with Gasteiger partial charge in [-0.2, -0.15) is 0 Å². The van der Waals surface area contributed by atoms with Crippen LogP contribution in [0.25, 0.3) is 0 Å². The molecular weight excluding hydrogens is 184 g/mol. The van der Waals surface area contributed by atoms with Crippen LogP contribution in [0.4, 0.5) is 0 Å². The van der Waals surface area contributed by atoms with Crippen molar-refractivity contribution in [3.8, 4) is 0 Å². The van der Waals surface area contributed by atoms with E-state index >= 15 is 0 Å². The molecule has 0 aliphatic heterocycles. The van der Waals surface area contributed by atoms with E-state index in [1.54, 1.807) is 0 Å². The van der Waals surface area contributed by atoms with E-state index in [4.69, 9.17) is 0 Å². The van der Waals surface area contributed by atoms with E-state index in [1.807, 2.05) is 0 Å². The van der Waals surface area contributed by atoms with Crippen LogP contribution in [-0.4, -0.2) is 11.2 Å². The third-order valence-electron chi connectivity index (χ3n) is 4.85. The van der Waals surface area contributed by atoms with Crippen LogP contribution in [0.15, 0.2) is 0 Å². The molecule has 1 nitrogen and oxygen atoms in total. The van der Waals surface area contributed by atoms with Gasteiger partial charge in [-0.25, -0.2) is 0 Å². The van der Waals surface area contributed by atoms with E-state index in [9.17, 15) is 5.11 Å². The molecule has 1 aliphatic rings. The van der Waals surface area contributed by atoms with Gasteiger partial charge < -0.3 is 5.11 Å². The maximum Gasteiger partial charge on any atom is 0.0596 e. The smallest absolute Gasteiger partial charge is 0.0596 e. The third kappa shape index (κ3) is 2.96. The molecule has 90 valence electrons. The predicted octanol–water partition coefficient (Wildman–Crippen LogP) is 4.14. The lowest BCUT2D eigenvalue weighted by atomic mass is 9.71. The highest BCUT2D eigenvalue weighted by Gasteiger charge is 2.37. The Hall–Kier alpha value is -0.0400. The molecule has 1 rings (SSSR count). The molecule has 0 radical (unpaired) electrons. The van der Waals surface area contributed by atoms with E-state index in [2.05, 4.69) is 27.7 Å². The molecule has 0 saturated heterocycles. The van der Waals surface area contributed by atoms with E-state index in [0.29, 0.717) is 5.41 Å². The van der Waals surface area contributed by atoms with Gasteiger partial charge >= 0.3 is 0 Å². The highest BCUT2D eigenvalue weighted by atomic mass is 16.3. The second kappa shape index (κ2) is 4.86. The highest BCUT2D eigenvalue weighted by Crippen LogP contribution is 2.46. The lowest BCUT2D eigenvalue weighted by Crippen LogP contribution is -2.34. The van der Waals surface area contributed by atoms with Gasteiger partial charge in [-0.3, -0.25) is 0 Å². The molecule has 0 heterocycles. The topological polar surface area (TPSA) is 20.2 Å². The van der Waals surface area contributed by atoms with Crippen molar-refractivity contribution < 1.29 is 5.11 Å². The van der Waals surface area contributed by atoms with Gasteiger partial charge in [0.2, 0.25) is 0 Å². The molecule has 0 aromatic rings. The molecular formula is C14H28O. The Bertz CT molecular complexity index is 190. The fraction of sp³-hybridized carbons (Fsp3) is 1.00. The molecule has 0 bridgehead atoms. The van der Waals surface area contributed by atoms with Crippen LogP contribution >= 0.6 is 0 Å². The first-order valence-corrected chi connectivity index (χ1v) is 6.64. The Morgan fingerprint density at radius 1 is 1.20 bits per heavy atom. The molecule has 15 heavy (non-hydrogen) atoms. The van der Waals surface area contributed by atoms with Crippen molar-refractivity contribution in [3.63, 3.8) is 0 Å². The van der Waals surface area contributed by atoms with Gasteiger partial charge in [0.25, 0.3) is 0 Å². The highest BCUT2D eigenvalue weighted by molar-refractivity contribution is 4.89. The monoisotopic (exact) mass is 212 g/mol. The molecule has 1 N–H and O–H groups in total. The summed E-state index contributed by atoms with van der Waals surface area (Å²) in [5.41, 5.74) is 0.552. The average Bonchev–Trinajstić information content (AvgIpc) is 2.67. The van der Waals surface area contributed by atoms with Crippen molar-refractivity contribution in [3.05, 3.63) is 0 Å². The van der Waals surface area contributed by atoms with Crippen LogP contribution in [0.2, 0.25) is 0 Å². The Balaban J connectivity index is 2.59. The zero-order chi connectivity index (χ0) is 11.5. The summed E-state index contributed by atoms with van der Waals surface area (Å²) in [5.74, 6) is 0. The van der Waals surface area contributed by atoms with Crippen molar-refractivity contribution in [2.75, 3.05) is 0 Å². The molecule has 0 amide bonds. The van der Waals surface area contributed by atoms with E-state index < -0.39 is 0 Å². The van der Waals surface area contributed by atoms with Gasteiger partial charge in [-0.1, -0.05) is 47.0 Å². The molecule has 0 aromatic carbocycles. The first-order chi connectivity index (χ1) is 6.96. The molecule has 0 aromatic heterocycles. The Labute approximate surface area is 95.3 Å². The molecule has 1 fully saturated rings. The number of aliphatic hydroxyl groups is 1. The maximum atomic E-state index is 10.3. The van der Waals surface area contributed by atoms with Crippen LogP contribution < -0.4 is 0 Å². The maximum absolute atomic E-state index is 10.3. The third-order valence-corrected chi connectivity index (χ3v) is 4.85. The lowest BCUT2D eigenvalue weighted by molar-refractivity contribution is 0.00350. The van der Waals surface area contributed by atoms with Gasteiger partial charge in [-0.05, 0) is 36.5 Å². The van der Waals surface area contributed by atoms with E-state index in [-0.39, 0.29) is 11.5 Å². The summed E-state index contributed by atoms with van der Waals surface area (Å²) in [5, 5.41) is 10.3. The standard InChI is InChI=1S/C14H28O/c1-5-13(3,4)12(15)11-14(6-2)9-7-8-10-14/h12,15H,5-11H2,1-4H3. The molecule has 1 unspecified atom stereocenters. The summed E-state index contributed by atoms with van der Waals surface area (Å²) in [4.78, 5) is 0. The fourth-order valence-corrected chi connectivity index (χ4v) is 2.75. The van der Waals surface area contributed by atoms with Gasteiger partial charge in [0, 0.05) is 0 Å². The van der Waals surface area contributed by atoms with Gasteiger partial charge in [0.1, 0.15) is 0 Å². The Kier molecular flexibility index (Phi) is 4.22. The average molecular weight is 212 g/mol. The van der Waals surface area contributed by atoms with Gasteiger partial charge in [-0.15, -0.1) is 0 Å². The number of hydrogen-bond acceptors (Lipinski definition) is 1. The summed E-state index contributed by atoms with van der Waals surface area (Å²) < 4.78 is 0. The zero-order valence-electron chi connectivity index (χ0n) is 11.0. The molecule has 1 saturated carbocycles. The Morgan fingerprint density at radius 2 is 1.73 bits per heavy atom. The summed E-state index contributed by atoms with van der Waals surface area (Å²) in [7, 11) is 0. The van der Waals surface area contributed by atoms with Crippen LogP contribution in [0, 0.1) is 10.8 Å². The quantitative estimate of drug-likeness (QED) is 0.726. The second-order valence-corrected chi connectivity index (χ2v) is 6.12. The van der Waals surface area contributed by atoms with Crippen molar-refractivity contribution >= 4 is 0 Å². The van der Waals surface area contributed by atoms with Crippen LogP contribution in [0.3, 0.4) is 0 Å². The summed E-state index contributed by atoms with van der Waals surface area (Å²) in [6.45, 7) is 8.85. The number of hydrogen-bond donors (Lipinski definition) is 1.